The van der Waals surface area contributed by atoms with Gasteiger partial charge in [0.05, 0.1) is 33.7 Å². The first kappa shape index (κ1) is 18.7. The number of hydrogen-bond donors (Lipinski definition) is 1. The summed E-state index contributed by atoms with van der Waals surface area (Å²) in [6.07, 6.45) is 0. The highest BCUT2D eigenvalue weighted by Crippen LogP contribution is 2.21. The van der Waals surface area contributed by atoms with Gasteiger partial charge in [-0.1, -0.05) is 11.6 Å². The highest BCUT2D eigenvalue weighted by atomic mass is 35.5. The number of likely N-dealkylation sites (N-methyl/N-ethyl adjacent to an activating group) is 1. The van der Waals surface area contributed by atoms with E-state index in [1.54, 1.807) is 25.1 Å². The molecule has 0 aliphatic heterocycles. The van der Waals surface area contributed by atoms with E-state index in [-0.39, 0.29) is 6.61 Å². The number of aliphatic carboxylic acids is 1. The standard InChI is InChI=1S/C9H9ClO3.C5H14NO/c1-6-4-7(10)2-3-8(6)13-5-9(11)12;1-6(2,3)4-5-7/h2-4H,5H2,1H3,(H,11,12);7H,4-5H2,1-3H3/q;+1/p-1. The van der Waals surface area contributed by atoms with Gasteiger partial charge in [-0.2, -0.15) is 0 Å². The number of ether oxygens (including phenoxy) is 1. The lowest BCUT2D eigenvalue weighted by atomic mass is 10.2. The zero-order valence-corrected chi connectivity index (χ0v) is 13.1. The normalized spacial score (nSPS) is 10.5. The van der Waals surface area contributed by atoms with Crippen LogP contribution in [0.4, 0.5) is 0 Å². The van der Waals surface area contributed by atoms with Crippen LogP contribution in [0.5, 0.6) is 5.75 Å². The maximum absolute atomic E-state index is 10.1. The summed E-state index contributed by atoms with van der Waals surface area (Å²) < 4.78 is 5.78. The lowest BCUT2D eigenvalue weighted by Gasteiger charge is -2.21. The van der Waals surface area contributed by atoms with Gasteiger partial charge in [-0.15, -0.1) is 0 Å². The third kappa shape index (κ3) is 9.61. The minimum absolute atomic E-state index is 0.281. The van der Waals surface area contributed by atoms with Crippen molar-refractivity contribution in [2.75, 3.05) is 40.9 Å². The minimum Gasteiger partial charge on any atom is -0.546 e. The topological polar surface area (TPSA) is 69.6 Å². The predicted molar refractivity (Wildman–Crippen MR) is 76.7 cm³/mol. The van der Waals surface area contributed by atoms with Crippen LogP contribution in [-0.4, -0.2) is 56.5 Å². The van der Waals surface area contributed by atoms with Gasteiger partial charge in [-0.05, 0) is 30.7 Å². The van der Waals surface area contributed by atoms with Crippen molar-refractivity contribution in [3.8, 4) is 5.75 Å². The number of carboxylic acids is 1. The van der Waals surface area contributed by atoms with Crippen LogP contribution in [0, 0.1) is 6.92 Å². The fraction of sp³-hybridized carbons (Fsp3) is 0.500. The van der Waals surface area contributed by atoms with E-state index in [4.69, 9.17) is 21.4 Å². The van der Waals surface area contributed by atoms with Crippen molar-refractivity contribution in [1.29, 1.82) is 0 Å². The van der Waals surface area contributed by atoms with Crippen LogP contribution < -0.4 is 9.84 Å². The molecule has 6 heteroatoms. The Balaban J connectivity index is 0.000000441. The zero-order chi connectivity index (χ0) is 15.8. The maximum atomic E-state index is 10.1. The first-order valence-electron chi connectivity index (χ1n) is 6.16. The average Bonchev–Trinajstić information content (AvgIpc) is 2.26. The lowest BCUT2D eigenvalue weighted by molar-refractivity contribution is -0.870. The van der Waals surface area contributed by atoms with E-state index in [9.17, 15) is 9.90 Å². The molecule has 0 aromatic heterocycles. The summed E-state index contributed by atoms with van der Waals surface area (Å²) in [5.74, 6) is -0.733. The molecule has 0 saturated carbocycles. The largest absolute Gasteiger partial charge is 0.546 e. The number of halogens is 1. The summed E-state index contributed by atoms with van der Waals surface area (Å²) >= 11 is 5.70. The number of nitrogens with zero attached hydrogens (tertiary/aromatic N) is 1. The molecular formula is C14H22ClNO4. The van der Waals surface area contributed by atoms with Crippen molar-refractivity contribution in [2.24, 2.45) is 0 Å². The van der Waals surface area contributed by atoms with Gasteiger partial charge in [0.15, 0.2) is 0 Å². The van der Waals surface area contributed by atoms with E-state index >= 15 is 0 Å². The molecule has 0 fully saturated rings. The second-order valence-corrected chi connectivity index (χ2v) is 5.74. The molecule has 0 bridgehead atoms. The van der Waals surface area contributed by atoms with Crippen molar-refractivity contribution in [2.45, 2.75) is 6.92 Å². The predicted octanol–water partition coefficient (Wildman–Crippen LogP) is 0.462. The van der Waals surface area contributed by atoms with Crippen LogP contribution in [0.2, 0.25) is 5.02 Å². The molecule has 1 N–H and O–H groups in total. The van der Waals surface area contributed by atoms with Crippen molar-refractivity contribution >= 4 is 17.6 Å². The third-order valence-electron chi connectivity index (χ3n) is 2.25. The number of quaternary nitrogens is 1. The molecule has 0 aliphatic rings. The molecule has 0 spiro atoms. The van der Waals surface area contributed by atoms with Gasteiger partial charge in [-0.25, -0.2) is 0 Å². The lowest BCUT2D eigenvalue weighted by Crippen LogP contribution is -2.36. The van der Waals surface area contributed by atoms with E-state index in [0.717, 1.165) is 16.6 Å². The summed E-state index contributed by atoms with van der Waals surface area (Å²) in [5.41, 5.74) is 0.800. The molecule has 0 amide bonds. The van der Waals surface area contributed by atoms with Gasteiger partial charge >= 0.3 is 0 Å². The van der Waals surface area contributed by atoms with Gasteiger partial charge in [-0.3, -0.25) is 0 Å². The number of benzene rings is 1. The summed E-state index contributed by atoms with van der Waals surface area (Å²) in [4.78, 5) is 10.1. The molecule has 0 aliphatic carbocycles. The van der Waals surface area contributed by atoms with Crippen molar-refractivity contribution in [3.63, 3.8) is 0 Å². The third-order valence-corrected chi connectivity index (χ3v) is 2.49. The van der Waals surface area contributed by atoms with Gasteiger partial charge in [0.25, 0.3) is 0 Å². The Kier molecular flexibility index (Phi) is 8.22. The first-order chi connectivity index (χ1) is 9.15. The zero-order valence-electron chi connectivity index (χ0n) is 12.4. The molecule has 1 aromatic carbocycles. The second-order valence-electron chi connectivity index (χ2n) is 5.31. The number of aliphatic hydroxyl groups excluding tert-OH is 1. The van der Waals surface area contributed by atoms with E-state index in [0.29, 0.717) is 10.8 Å². The monoisotopic (exact) mass is 303 g/mol. The molecular weight excluding hydrogens is 282 g/mol. The number of carboxylic acid groups (broad SMARTS) is 1. The quantitative estimate of drug-likeness (QED) is 0.803. The number of aliphatic hydroxyl groups is 1. The Morgan fingerprint density at radius 2 is 2.00 bits per heavy atom. The van der Waals surface area contributed by atoms with Crippen LogP contribution in [0.3, 0.4) is 0 Å². The Labute approximate surface area is 124 Å². The molecule has 1 rings (SSSR count). The van der Waals surface area contributed by atoms with Crippen LogP contribution >= 0.6 is 11.6 Å². The number of carbonyl (C=O) groups is 1. The summed E-state index contributed by atoms with van der Waals surface area (Å²) in [6.45, 7) is 2.46. The molecule has 114 valence electrons. The fourth-order valence-electron chi connectivity index (χ4n) is 1.21. The SMILES string of the molecule is C[N+](C)(C)CCO.Cc1cc(Cl)ccc1OCC(=O)[O-]. The highest BCUT2D eigenvalue weighted by molar-refractivity contribution is 6.30. The Bertz CT molecular complexity index is 430. The highest BCUT2D eigenvalue weighted by Gasteiger charge is 2.02. The average molecular weight is 304 g/mol. The number of aryl methyl sites for hydroxylation is 1. The van der Waals surface area contributed by atoms with Crippen molar-refractivity contribution < 1.29 is 24.2 Å². The Morgan fingerprint density at radius 1 is 1.40 bits per heavy atom. The van der Waals surface area contributed by atoms with E-state index in [1.165, 1.54) is 0 Å². The number of rotatable bonds is 5. The second kappa shape index (κ2) is 8.79. The Morgan fingerprint density at radius 3 is 2.35 bits per heavy atom. The van der Waals surface area contributed by atoms with Gasteiger partial charge < -0.3 is 24.2 Å². The van der Waals surface area contributed by atoms with Crippen LogP contribution in [-0.2, 0) is 4.79 Å². The Hall–Kier alpha value is -1.30. The molecule has 5 nitrogen and oxygen atoms in total. The van der Waals surface area contributed by atoms with Crippen LogP contribution in [0.25, 0.3) is 0 Å². The molecule has 0 heterocycles. The van der Waals surface area contributed by atoms with E-state index in [1.807, 2.05) is 0 Å². The van der Waals surface area contributed by atoms with Gasteiger partial charge in [0.2, 0.25) is 0 Å². The summed E-state index contributed by atoms with van der Waals surface area (Å²) in [7, 11) is 6.16. The molecule has 20 heavy (non-hydrogen) atoms. The van der Waals surface area contributed by atoms with Gasteiger partial charge in [0, 0.05) is 5.02 Å². The molecule has 0 saturated heterocycles. The number of carbonyl (C=O) groups excluding carboxylic acids is 1. The van der Waals surface area contributed by atoms with Gasteiger partial charge in [0.1, 0.15) is 18.9 Å². The van der Waals surface area contributed by atoms with E-state index in [2.05, 4.69) is 21.1 Å². The first-order valence-corrected chi connectivity index (χ1v) is 6.53. The smallest absolute Gasteiger partial charge is 0.128 e. The molecule has 1 aromatic rings. The van der Waals surface area contributed by atoms with Crippen molar-refractivity contribution in [3.05, 3.63) is 28.8 Å². The number of hydrogen-bond acceptors (Lipinski definition) is 4. The molecule has 0 atom stereocenters. The van der Waals surface area contributed by atoms with Crippen LogP contribution in [0.1, 0.15) is 5.56 Å². The van der Waals surface area contributed by atoms with Crippen LogP contribution in [0.15, 0.2) is 18.2 Å². The summed E-state index contributed by atoms with van der Waals surface area (Å²) in [5, 5.41) is 19.1. The van der Waals surface area contributed by atoms with E-state index < -0.39 is 12.6 Å². The minimum atomic E-state index is -1.24. The fourth-order valence-corrected chi connectivity index (χ4v) is 1.44. The summed E-state index contributed by atoms with van der Waals surface area (Å²) in [6, 6.07) is 4.96. The molecule has 0 radical (unpaired) electrons. The maximum Gasteiger partial charge on any atom is 0.128 e. The molecule has 0 unspecified atom stereocenters. The van der Waals surface area contributed by atoms with Crippen molar-refractivity contribution in [1.82, 2.24) is 0 Å².